The van der Waals surface area contributed by atoms with E-state index in [1.54, 1.807) is 26.0 Å². The van der Waals surface area contributed by atoms with E-state index in [9.17, 15) is 22.8 Å². The summed E-state index contributed by atoms with van der Waals surface area (Å²) in [4.78, 5) is 72.1. The number of carboxylic acids is 1. The number of hydrogen-bond acceptors (Lipinski definition) is 12. The lowest BCUT2D eigenvalue weighted by molar-refractivity contribution is -0.192. The van der Waals surface area contributed by atoms with Crippen molar-refractivity contribution in [2.24, 2.45) is 34.4 Å². The molecule has 6 rings (SSSR count). The van der Waals surface area contributed by atoms with Crippen LogP contribution in [-0.4, -0.2) is 76.9 Å². The van der Waals surface area contributed by atoms with Crippen molar-refractivity contribution < 1.29 is 42.3 Å². The fraction of sp³-hybridized carbons (Fsp3) is 0.340. The Bertz CT molecular complexity index is 2370. The quantitative estimate of drug-likeness (QED) is 0.0682. The number of thioether (sulfide) groups is 1. The van der Waals surface area contributed by atoms with E-state index in [4.69, 9.17) is 44.3 Å². The zero-order valence-electron chi connectivity index (χ0n) is 38.0. The van der Waals surface area contributed by atoms with Crippen LogP contribution in [0.1, 0.15) is 61.8 Å². The molecule has 68 heavy (non-hydrogen) atoms. The molecular weight excluding hydrogens is 898 g/mol. The van der Waals surface area contributed by atoms with Gasteiger partial charge in [0.1, 0.15) is 0 Å². The zero-order valence-corrected chi connectivity index (χ0v) is 38.8. The fourth-order valence-electron chi connectivity index (χ4n) is 7.90. The summed E-state index contributed by atoms with van der Waals surface area (Å²) in [6, 6.07) is 31.5. The minimum Gasteiger partial charge on any atom is -0.475 e. The average molecular weight is 957 g/mol. The van der Waals surface area contributed by atoms with Gasteiger partial charge in [-0.15, -0.1) is 0 Å². The highest BCUT2D eigenvalue weighted by Gasteiger charge is 2.45. The van der Waals surface area contributed by atoms with Gasteiger partial charge in [-0.25, -0.2) is 4.79 Å². The summed E-state index contributed by atoms with van der Waals surface area (Å²) in [5.41, 5.74) is 40.9. The number of Topliss-reactive ketones (excluding diaryl/α,β-unsaturated/α-hetero) is 2. The van der Waals surface area contributed by atoms with Crippen molar-refractivity contribution in [3.63, 3.8) is 0 Å². The number of carbonyl (C=O) groups excluding carboxylic acids is 4. The molecule has 0 aromatic heterocycles. The summed E-state index contributed by atoms with van der Waals surface area (Å²) in [5.74, 6) is -4.53. The maximum absolute atomic E-state index is 15.1. The minimum atomic E-state index is -5.08. The van der Waals surface area contributed by atoms with Crippen LogP contribution in [-0.2, 0) is 49.7 Å². The number of nitrogens with two attached hydrogens (primary N) is 6. The number of ketones is 2. The van der Waals surface area contributed by atoms with Crippen molar-refractivity contribution >= 4 is 52.5 Å². The molecule has 0 saturated heterocycles. The highest BCUT2D eigenvalue weighted by Crippen LogP contribution is 2.48. The smallest absolute Gasteiger partial charge is 0.475 e. The number of alkyl halides is 3. The van der Waals surface area contributed by atoms with Crippen LogP contribution in [0.15, 0.2) is 130 Å². The third kappa shape index (κ3) is 12.8. The molecule has 18 heteroatoms. The molecule has 14 nitrogen and oxygen atoms in total. The Labute approximate surface area is 397 Å². The second-order valence-electron chi connectivity index (χ2n) is 17.3. The van der Waals surface area contributed by atoms with Gasteiger partial charge in [-0.05, 0) is 99.8 Å². The number of rotatable bonds is 18. The van der Waals surface area contributed by atoms with Gasteiger partial charge in [0.2, 0.25) is 0 Å². The predicted molar refractivity (Wildman–Crippen MR) is 259 cm³/mol. The van der Waals surface area contributed by atoms with E-state index < -0.39 is 58.7 Å². The number of carboxylic acid groups (broad SMARTS) is 1. The van der Waals surface area contributed by atoms with Gasteiger partial charge in [0.15, 0.2) is 11.6 Å². The van der Waals surface area contributed by atoms with Crippen LogP contribution in [0, 0.1) is 0 Å². The molecule has 13 N–H and O–H groups in total. The Morgan fingerprint density at radius 3 is 1.25 bits per heavy atom. The van der Waals surface area contributed by atoms with Gasteiger partial charge in [0, 0.05) is 24.0 Å². The molecule has 0 unspecified atom stereocenters. The zero-order chi connectivity index (χ0) is 50.0. The second-order valence-corrected chi connectivity index (χ2v) is 18.3. The lowest BCUT2D eigenvalue weighted by Gasteiger charge is -2.41. The third-order valence-electron chi connectivity index (χ3n) is 11.6. The van der Waals surface area contributed by atoms with E-state index in [-0.39, 0.29) is 59.7 Å². The number of anilines is 2. The van der Waals surface area contributed by atoms with E-state index in [1.165, 1.54) is 9.80 Å². The number of para-hydroxylation sites is 2. The number of benzene rings is 4. The first kappa shape index (κ1) is 53.0. The molecule has 2 aliphatic heterocycles. The van der Waals surface area contributed by atoms with E-state index in [0.717, 1.165) is 22.9 Å². The lowest BCUT2D eigenvalue weighted by Crippen LogP contribution is -2.55. The minimum absolute atomic E-state index is 0.118. The summed E-state index contributed by atoms with van der Waals surface area (Å²) >= 11 is 0.998. The highest BCUT2D eigenvalue weighted by atomic mass is 32.2. The number of halogens is 3. The number of carbonyl (C=O) groups is 5. The normalized spacial score (nSPS) is 16.3. The standard InChI is InChI=1S/C48H58N8O4S.C2HF3O2/c1-47(53,23-13-25-49)45(59)55-39-21-11-9-19-33(39)29-35(41(57)37(51)27-31-15-5-3-6-16-31)43(55)61-44-36(42(58)38(52)28-32-17-7-4-8-18-32)30-34-20-10-12-22-40(34)56(44)46(60)48(2,54)24-14-26-50;3-2(4,5)1(6)7/h3-12,15-22,37-38H,13-14,23-30,49-54H2,1-2H3;(H,6,7)/t37-,38-,47-,48-;/m0./s1. The van der Waals surface area contributed by atoms with Crippen molar-refractivity contribution in [1.29, 1.82) is 0 Å². The number of aliphatic carboxylic acids is 1. The number of nitrogens with zero attached hydrogens (tertiary/aromatic N) is 2. The van der Waals surface area contributed by atoms with Crippen LogP contribution in [0.4, 0.5) is 24.5 Å². The van der Waals surface area contributed by atoms with E-state index in [1.807, 2.05) is 97.1 Å². The largest absolute Gasteiger partial charge is 0.490 e. The van der Waals surface area contributed by atoms with Gasteiger partial charge in [-0.3, -0.25) is 29.0 Å². The van der Waals surface area contributed by atoms with Crippen molar-refractivity contribution in [3.8, 4) is 0 Å². The molecule has 4 atom stereocenters. The van der Waals surface area contributed by atoms with Crippen LogP contribution in [0.3, 0.4) is 0 Å². The molecule has 0 fully saturated rings. The second kappa shape index (κ2) is 22.9. The van der Waals surface area contributed by atoms with Crippen molar-refractivity contribution in [2.75, 3.05) is 22.9 Å². The van der Waals surface area contributed by atoms with Crippen LogP contribution in [0.2, 0.25) is 0 Å². The predicted octanol–water partition coefficient (Wildman–Crippen LogP) is 5.15. The maximum atomic E-state index is 15.1. The Morgan fingerprint density at radius 2 is 0.926 bits per heavy atom. The van der Waals surface area contributed by atoms with Gasteiger partial charge in [-0.1, -0.05) is 109 Å². The van der Waals surface area contributed by atoms with Crippen LogP contribution < -0.4 is 44.2 Å². The molecule has 362 valence electrons. The molecule has 4 aromatic carbocycles. The lowest BCUT2D eigenvalue weighted by atomic mass is 9.89. The molecule has 0 spiro atoms. The van der Waals surface area contributed by atoms with Gasteiger partial charge in [0.25, 0.3) is 11.8 Å². The van der Waals surface area contributed by atoms with Gasteiger partial charge in [0.05, 0.1) is 44.6 Å². The number of fused-ring (bicyclic) bond motifs is 2. The molecule has 0 saturated carbocycles. The molecule has 0 radical (unpaired) electrons. The third-order valence-corrected chi connectivity index (χ3v) is 12.9. The molecular formula is C50H59F3N8O6S. The van der Waals surface area contributed by atoms with Crippen molar-refractivity contribution in [2.45, 2.75) is 94.6 Å². The molecule has 0 bridgehead atoms. The molecule has 2 aliphatic rings. The summed E-state index contributed by atoms with van der Waals surface area (Å²) in [7, 11) is 0. The van der Waals surface area contributed by atoms with E-state index in [2.05, 4.69) is 0 Å². The highest BCUT2D eigenvalue weighted by molar-refractivity contribution is 8.07. The Hall–Kier alpha value is -5.99. The van der Waals surface area contributed by atoms with E-state index in [0.29, 0.717) is 48.4 Å². The van der Waals surface area contributed by atoms with Crippen LogP contribution in [0.25, 0.3) is 0 Å². The molecule has 2 heterocycles. The maximum Gasteiger partial charge on any atom is 0.490 e. The molecule has 4 aromatic rings. The summed E-state index contributed by atoms with van der Waals surface area (Å²) < 4.78 is 31.7. The van der Waals surface area contributed by atoms with Crippen LogP contribution >= 0.6 is 11.8 Å². The Balaban J connectivity index is 0.00000114. The first-order chi connectivity index (χ1) is 32.1. The van der Waals surface area contributed by atoms with Crippen molar-refractivity contribution in [1.82, 2.24) is 0 Å². The monoisotopic (exact) mass is 956 g/mol. The average Bonchev–Trinajstić information content (AvgIpc) is 3.31. The fourth-order valence-corrected chi connectivity index (χ4v) is 9.22. The first-order valence-corrected chi connectivity index (χ1v) is 22.9. The molecule has 2 amide bonds. The van der Waals surface area contributed by atoms with Gasteiger partial charge >= 0.3 is 12.1 Å². The van der Waals surface area contributed by atoms with Gasteiger partial charge in [-0.2, -0.15) is 13.2 Å². The van der Waals surface area contributed by atoms with Crippen molar-refractivity contribution in [3.05, 3.63) is 153 Å². The van der Waals surface area contributed by atoms with Gasteiger partial charge < -0.3 is 39.5 Å². The SMILES string of the molecule is C[C@](N)(CCCN)C(=O)N1C(SC2=C(C(=O)[C@@H](N)Cc3ccccc3)Cc3ccccc3N2C(=O)[C@@](C)(N)CCCN)=C(C(=O)[C@@H](N)Cc2ccccc2)Cc2ccccc21.O=C(O)C(F)(F)F. The van der Waals surface area contributed by atoms with Crippen LogP contribution in [0.5, 0.6) is 0 Å². The summed E-state index contributed by atoms with van der Waals surface area (Å²) in [6.45, 7) is 3.92. The number of hydrogen-bond donors (Lipinski definition) is 7. The summed E-state index contributed by atoms with van der Waals surface area (Å²) in [6.07, 6.45) is -2.95. The first-order valence-electron chi connectivity index (χ1n) is 22.1. The molecule has 0 aliphatic carbocycles. The summed E-state index contributed by atoms with van der Waals surface area (Å²) in [5, 5.41) is 7.51. The Kier molecular flexibility index (Phi) is 17.8. The van der Waals surface area contributed by atoms with E-state index >= 15 is 9.59 Å². The topological polar surface area (TPSA) is 268 Å². The Morgan fingerprint density at radius 1 is 0.603 bits per heavy atom. The number of amides is 2.